The first-order valence-corrected chi connectivity index (χ1v) is 10.00. The third-order valence-corrected chi connectivity index (χ3v) is 4.82. The second-order valence-electron chi connectivity index (χ2n) is 6.87. The summed E-state index contributed by atoms with van der Waals surface area (Å²) in [5.74, 6) is -0.176. The Balaban J connectivity index is 2.73. The number of rotatable bonds is 12. The molecule has 1 rings (SSSR count). The Kier molecular flexibility index (Phi) is 10.7. The van der Waals surface area contributed by atoms with E-state index in [0.29, 0.717) is 25.0 Å². The van der Waals surface area contributed by atoms with Crippen LogP contribution in [0.1, 0.15) is 86.9 Å². The maximum absolute atomic E-state index is 12.5. The highest BCUT2D eigenvalue weighted by Gasteiger charge is 2.20. The maximum Gasteiger partial charge on any atom is 0.339 e. The molecule has 0 bridgehead atoms. The molecule has 0 heterocycles. The van der Waals surface area contributed by atoms with Crippen molar-refractivity contribution in [2.45, 2.75) is 66.2 Å². The lowest BCUT2D eigenvalue weighted by molar-refractivity contribution is 0.0382. The highest BCUT2D eigenvalue weighted by Crippen LogP contribution is 2.17. The van der Waals surface area contributed by atoms with Gasteiger partial charge < -0.3 is 9.47 Å². The summed E-state index contributed by atoms with van der Waals surface area (Å²) in [4.78, 5) is 24.9. The molecule has 1 aromatic carbocycles. The third kappa shape index (κ3) is 7.19. The molecule has 2 atom stereocenters. The van der Waals surface area contributed by atoms with Crippen molar-refractivity contribution >= 4 is 11.9 Å². The molecule has 0 aromatic heterocycles. The summed E-state index contributed by atoms with van der Waals surface area (Å²) in [6.07, 6.45) is 6.14. The molecule has 0 aliphatic carbocycles. The minimum Gasteiger partial charge on any atom is -0.462 e. The third-order valence-electron chi connectivity index (χ3n) is 4.82. The van der Waals surface area contributed by atoms with Crippen molar-refractivity contribution in [2.75, 3.05) is 13.2 Å². The van der Waals surface area contributed by atoms with Crippen LogP contribution < -0.4 is 0 Å². The predicted molar refractivity (Wildman–Crippen MR) is 104 cm³/mol. The van der Waals surface area contributed by atoms with Crippen LogP contribution in [0.3, 0.4) is 0 Å². The van der Waals surface area contributed by atoms with Crippen LogP contribution in [0.25, 0.3) is 0 Å². The molecule has 0 N–H and O–H groups in total. The number of carbonyl (C=O) groups excluding carboxylic acids is 2. The fourth-order valence-electron chi connectivity index (χ4n) is 3.01. The van der Waals surface area contributed by atoms with Crippen LogP contribution in [0.2, 0.25) is 0 Å². The van der Waals surface area contributed by atoms with Gasteiger partial charge in [0, 0.05) is 0 Å². The summed E-state index contributed by atoms with van der Waals surface area (Å²) in [6.45, 7) is 9.22. The summed E-state index contributed by atoms with van der Waals surface area (Å²) >= 11 is 0. The smallest absolute Gasteiger partial charge is 0.339 e. The molecular weight excluding hydrogens is 328 g/mol. The van der Waals surface area contributed by atoms with E-state index in [9.17, 15) is 9.59 Å². The van der Waals surface area contributed by atoms with Gasteiger partial charge in [0.25, 0.3) is 0 Å². The summed E-state index contributed by atoms with van der Waals surface area (Å²) < 4.78 is 10.9. The molecule has 2 unspecified atom stereocenters. The van der Waals surface area contributed by atoms with Crippen LogP contribution in [-0.2, 0) is 9.47 Å². The van der Waals surface area contributed by atoms with E-state index in [1.807, 2.05) is 0 Å². The topological polar surface area (TPSA) is 52.6 Å². The quantitative estimate of drug-likeness (QED) is 0.451. The number of hydrogen-bond acceptors (Lipinski definition) is 4. The zero-order valence-corrected chi connectivity index (χ0v) is 16.8. The fourth-order valence-corrected chi connectivity index (χ4v) is 3.01. The van der Waals surface area contributed by atoms with Gasteiger partial charge in [-0.1, -0.05) is 65.5 Å². The van der Waals surface area contributed by atoms with Gasteiger partial charge in [-0.3, -0.25) is 0 Å². The molecule has 0 fully saturated rings. The first-order chi connectivity index (χ1) is 12.6. The van der Waals surface area contributed by atoms with Gasteiger partial charge in [-0.05, 0) is 36.8 Å². The second-order valence-corrected chi connectivity index (χ2v) is 6.87. The van der Waals surface area contributed by atoms with Crippen molar-refractivity contribution in [3.8, 4) is 0 Å². The lowest BCUT2D eigenvalue weighted by Crippen LogP contribution is -2.19. The highest BCUT2D eigenvalue weighted by molar-refractivity contribution is 6.03. The molecule has 0 saturated carbocycles. The van der Waals surface area contributed by atoms with E-state index in [2.05, 4.69) is 27.7 Å². The van der Waals surface area contributed by atoms with Gasteiger partial charge in [-0.15, -0.1) is 0 Å². The van der Waals surface area contributed by atoms with Gasteiger partial charge in [-0.25, -0.2) is 9.59 Å². The molecule has 0 aliphatic heterocycles. The predicted octanol–water partition coefficient (Wildman–Crippen LogP) is 5.65. The van der Waals surface area contributed by atoms with Gasteiger partial charge in [0.2, 0.25) is 0 Å². The first kappa shape index (κ1) is 22.2. The van der Waals surface area contributed by atoms with Gasteiger partial charge in [0.15, 0.2) is 0 Å². The fraction of sp³-hybridized carbons (Fsp3) is 0.636. The standard InChI is InChI=1S/C22H34O4/c1-5-11-17(7-3)15-25-21(23)19-13-9-10-14-20(19)22(24)26-16-18(8-4)12-6-2/h9-10,13-14,17-18H,5-8,11-12,15-16H2,1-4H3. The molecular formula is C22H34O4. The maximum atomic E-state index is 12.5. The molecule has 0 spiro atoms. The molecule has 0 amide bonds. The van der Waals surface area contributed by atoms with E-state index < -0.39 is 11.9 Å². The molecule has 0 saturated heterocycles. The van der Waals surface area contributed by atoms with Crippen molar-refractivity contribution in [1.82, 2.24) is 0 Å². The van der Waals surface area contributed by atoms with E-state index in [0.717, 1.165) is 38.5 Å². The molecule has 4 nitrogen and oxygen atoms in total. The highest BCUT2D eigenvalue weighted by atomic mass is 16.5. The van der Waals surface area contributed by atoms with Crippen molar-refractivity contribution < 1.29 is 19.1 Å². The minimum absolute atomic E-state index is 0.285. The Morgan fingerprint density at radius 3 is 1.46 bits per heavy atom. The Labute approximate surface area is 158 Å². The second kappa shape index (κ2) is 12.5. The van der Waals surface area contributed by atoms with Gasteiger partial charge in [0.1, 0.15) is 0 Å². The molecule has 146 valence electrons. The van der Waals surface area contributed by atoms with E-state index in [4.69, 9.17) is 9.47 Å². The zero-order chi connectivity index (χ0) is 19.4. The summed E-state index contributed by atoms with van der Waals surface area (Å²) in [7, 11) is 0. The number of carbonyl (C=O) groups is 2. The normalized spacial score (nSPS) is 13.1. The summed E-state index contributed by atoms with van der Waals surface area (Å²) in [6, 6.07) is 6.73. The first-order valence-electron chi connectivity index (χ1n) is 10.00. The van der Waals surface area contributed by atoms with Crippen LogP contribution in [0.15, 0.2) is 24.3 Å². The Hall–Kier alpha value is -1.84. The Morgan fingerprint density at radius 2 is 1.15 bits per heavy atom. The van der Waals surface area contributed by atoms with Crippen molar-refractivity contribution in [3.05, 3.63) is 35.4 Å². The number of hydrogen-bond donors (Lipinski definition) is 0. The van der Waals surface area contributed by atoms with Gasteiger partial charge >= 0.3 is 11.9 Å². The SMILES string of the molecule is CCCC(CC)COC(=O)c1ccccc1C(=O)OCC(CC)CCC. The van der Waals surface area contributed by atoms with E-state index in [1.54, 1.807) is 24.3 Å². The molecule has 0 aliphatic rings. The largest absolute Gasteiger partial charge is 0.462 e. The van der Waals surface area contributed by atoms with Crippen molar-refractivity contribution in [3.63, 3.8) is 0 Å². The molecule has 0 radical (unpaired) electrons. The Bertz CT molecular complexity index is 504. The lowest BCUT2D eigenvalue weighted by atomic mass is 10.0. The number of benzene rings is 1. The monoisotopic (exact) mass is 362 g/mol. The molecule has 26 heavy (non-hydrogen) atoms. The van der Waals surface area contributed by atoms with Crippen molar-refractivity contribution in [1.29, 1.82) is 0 Å². The number of esters is 2. The summed E-state index contributed by atoms with van der Waals surface area (Å²) in [5.41, 5.74) is 0.569. The van der Waals surface area contributed by atoms with Crippen LogP contribution in [0.5, 0.6) is 0 Å². The van der Waals surface area contributed by atoms with E-state index >= 15 is 0 Å². The van der Waals surface area contributed by atoms with Gasteiger partial charge in [-0.2, -0.15) is 0 Å². The van der Waals surface area contributed by atoms with E-state index in [-0.39, 0.29) is 11.1 Å². The molecule has 4 heteroatoms. The van der Waals surface area contributed by atoms with Crippen LogP contribution in [0.4, 0.5) is 0 Å². The average Bonchev–Trinajstić information content (AvgIpc) is 2.67. The van der Waals surface area contributed by atoms with Crippen LogP contribution in [-0.4, -0.2) is 25.2 Å². The average molecular weight is 363 g/mol. The van der Waals surface area contributed by atoms with Crippen LogP contribution in [0, 0.1) is 11.8 Å². The Morgan fingerprint density at radius 1 is 0.769 bits per heavy atom. The van der Waals surface area contributed by atoms with Crippen LogP contribution >= 0.6 is 0 Å². The summed E-state index contributed by atoms with van der Waals surface area (Å²) in [5, 5.41) is 0. The van der Waals surface area contributed by atoms with E-state index in [1.165, 1.54) is 0 Å². The molecule has 1 aromatic rings. The minimum atomic E-state index is -0.451. The number of ether oxygens (including phenoxy) is 2. The lowest BCUT2D eigenvalue weighted by Gasteiger charge is -2.16. The zero-order valence-electron chi connectivity index (χ0n) is 16.8. The van der Waals surface area contributed by atoms with Gasteiger partial charge in [0.05, 0.1) is 24.3 Å². The van der Waals surface area contributed by atoms with Crippen molar-refractivity contribution in [2.24, 2.45) is 11.8 Å².